The summed E-state index contributed by atoms with van der Waals surface area (Å²) in [6.45, 7) is 4.80. The van der Waals surface area contributed by atoms with Crippen LogP contribution in [-0.2, 0) is 9.53 Å². The van der Waals surface area contributed by atoms with Crippen molar-refractivity contribution in [2.45, 2.75) is 12.8 Å². The van der Waals surface area contributed by atoms with E-state index < -0.39 is 0 Å². The van der Waals surface area contributed by atoms with E-state index in [9.17, 15) is 4.79 Å². The van der Waals surface area contributed by atoms with E-state index in [2.05, 4.69) is 37.4 Å². The highest BCUT2D eigenvalue weighted by Gasteiger charge is 2.27. The van der Waals surface area contributed by atoms with Crippen molar-refractivity contribution < 1.29 is 9.53 Å². The van der Waals surface area contributed by atoms with Crippen LogP contribution >= 0.6 is 11.6 Å². The highest BCUT2D eigenvalue weighted by atomic mass is 35.5. The van der Waals surface area contributed by atoms with E-state index in [1.807, 2.05) is 48.5 Å². The third-order valence-electron chi connectivity index (χ3n) is 6.42. The number of morpholine rings is 1. The predicted octanol–water partition coefficient (Wildman–Crippen LogP) is 4.49. The maximum atomic E-state index is 13.0. The van der Waals surface area contributed by atoms with Crippen molar-refractivity contribution in [3.8, 4) is 11.3 Å². The third kappa shape index (κ3) is 5.32. The maximum Gasteiger partial charge on any atom is 0.229 e. The van der Waals surface area contributed by atoms with E-state index in [0.717, 1.165) is 74.1 Å². The second kappa shape index (κ2) is 10.4. The normalized spacial score (nSPS) is 18.6. The Kier molecular flexibility index (Phi) is 6.92. The summed E-state index contributed by atoms with van der Waals surface area (Å²) < 4.78 is 5.42. The summed E-state index contributed by atoms with van der Waals surface area (Å²) in [4.78, 5) is 17.4. The topological polar surface area (TPSA) is 70.6 Å². The average molecular weight is 478 g/mol. The Bertz CT molecular complexity index is 1100. The van der Waals surface area contributed by atoms with Crippen LogP contribution in [0, 0.1) is 5.92 Å². The van der Waals surface area contributed by atoms with Gasteiger partial charge in [-0.2, -0.15) is 0 Å². The number of nitrogens with zero attached hydrogens (tertiary/aromatic N) is 4. The number of ether oxygens (including phenoxy) is 1. The second-order valence-corrected chi connectivity index (χ2v) is 9.14. The molecule has 34 heavy (non-hydrogen) atoms. The number of benzene rings is 2. The van der Waals surface area contributed by atoms with Crippen LogP contribution in [0.25, 0.3) is 11.3 Å². The molecule has 8 heteroatoms. The van der Waals surface area contributed by atoms with Crippen LogP contribution in [0.15, 0.2) is 60.7 Å². The van der Waals surface area contributed by atoms with Gasteiger partial charge >= 0.3 is 0 Å². The fourth-order valence-electron chi connectivity index (χ4n) is 4.49. The molecule has 2 aromatic carbocycles. The zero-order valence-corrected chi connectivity index (χ0v) is 19.7. The van der Waals surface area contributed by atoms with Crippen LogP contribution in [0.3, 0.4) is 0 Å². The van der Waals surface area contributed by atoms with Gasteiger partial charge in [0.1, 0.15) is 0 Å². The van der Waals surface area contributed by atoms with Gasteiger partial charge in [-0.15, -0.1) is 10.2 Å². The van der Waals surface area contributed by atoms with Crippen molar-refractivity contribution in [2.24, 2.45) is 5.92 Å². The lowest BCUT2D eigenvalue weighted by molar-refractivity contribution is -0.120. The van der Waals surface area contributed by atoms with E-state index in [-0.39, 0.29) is 11.8 Å². The number of hydrogen-bond acceptors (Lipinski definition) is 6. The van der Waals surface area contributed by atoms with Crippen molar-refractivity contribution in [3.63, 3.8) is 0 Å². The average Bonchev–Trinajstić information content (AvgIpc) is 2.90. The number of anilines is 3. The first kappa shape index (κ1) is 22.6. The van der Waals surface area contributed by atoms with Gasteiger partial charge in [-0.25, -0.2) is 0 Å². The standard InChI is InChI=1S/C26H28ClN5O2/c27-21-5-3-19(4-6-21)24-11-12-25(30-29-24)32-13-1-2-20(18-32)26(33)28-22-7-9-23(10-8-22)31-14-16-34-17-15-31/h3-12,20H,1-2,13-18H2,(H,28,33). The molecule has 7 nitrogen and oxygen atoms in total. The first-order chi connectivity index (χ1) is 16.7. The number of halogens is 1. The fraction of sp³-hybridized carbons (Fsp3) is 0.346. The van der Waals surface area contributed by atoms with Gasteiger partial charge in [0.2, 0.25) is 5.91 Å². The van der Waals surface area contributed by atoms with Crippen LogP contribution in [0.2, 0.25) is 5.02 Å². The fourth-order valence-corrected chi connectivity index (χ4v) is 4.62. The van der Waals surface area contributed by atoms with Crippen molar-refractivity contribution in [2.75, 3.05) is 54.5 Å². The number of carbonyl (C=O) groups is 1. The largest absolute Gasteiger partial charge is 0.378 e. The van der Waals surface area contributed by atoms with Gasteiger partial charge in [0.25, 0.3) is 0 Å². The molecule has 0 saturated carbocycles. The molecule has 1 N–H and O–H groups in total. The molecule has 5 rings (SSSR count). The molecule has 1 unspecified atom stereocenters. The molecule has 1 aromatic heterocycles. The number of piperidine rings is 1. The SMILES string of the molecule is O=C(Nc1ccc(N2CCOCC2)cc1)C1CCCN(c2ccc(-c3ccc(Cl)cc3)nn2)C1. The van der Waals surface area contributed by atoms with Gasteiger partial charge in [-0.3, -0.25) is 4.79 Å². The zero-order chi connectivity index (χ0) is 23.3. The molecule has 1 atom stereocenters. The minimum atomic E-state index is -0.0922. The molecule has 176 valence electrons. The molecular formula is C26H28ClN5O2. The van der Waals surface area contributed by atoms with Crippen LogP contribution < -0.4 is 15.1 Å². The van der Waals surface area contributed by atoms with Crippen LogP contribution in [0.4, 0.5) is 17.2 Å². The number of aromatic nitrogens is 2. The van der Waals surface area contributed by atoms with E-state index in [1.165, 1.54) is 0 Å². The third-order valence-corrected chi connectivity index (χ3v) is 6.67. The first-order valence-electron chi connectivity index (χ1n) is 11.7. The monoisotopic (exact) mass is 477 g/mol. The summed E-state index contributed by atoms with van der Waals surface area (Å²) >= 11 is 5.97. The second-order valence-electron chi connectivity index (χ2n) is 8.70. The Labute approximate surface area is 204 Å². The highest BCUT2D eigenvalue weighted by Crippen LogP contribution is 2.26. The van der Waals surface area contributed by atoms with E-state index >= 15 is 0 Å². The molecule has 2 aliphatic heterocycles. The molecule has 1 amide bonds. The van der Waals surface area contributed by atoms with E-state index in [1.54, 1.807) is 0 Å². The smallest absolute Gasteiger partial charge is 0.229 e. The number of amides is 1. The van der Waals surface area contributed by atoms with Gasteiger partial charge in [0.15, 0.2) is 5.82 Å². The lowest BCUT2D eigenvalue weighted by atomic mass is 9.97. The van der Waals surface area contributed by atoms with E-state index in [0.29, 0.717) is 11.6 Å². The Balaban J connectivity index is 1.19. The summed E-state index contributed by atoms with van der Waals surface area (Å²) in [5, 5.41) is 12.6. The zero-order valence-electron chi connectivity index (χ0n) is 19.0. The number of nitrogens with one attached hydrogen (secondary N) is 1. The van der Waals surface area contributed by atoms with Crippen molar-refractivity contribution >= 4 is 34.7 Å². The number of hydrogen-bond donors (Lipinski definition) is 1. The molecule has 3 heterocycles. The molecule has 0 bridgehead atoms. The van der Waals surface area contributed by atoms with Crippen molar-refractivity contribution in [3.05, 3.63) is 65.7 Å². The van der Waals surface area contributed by atoms with Gasteiger partial charge < -0.3 is 19.9 Å². The lowest BCUT2D eigenvalue weighted by Gasteiger charge is -2.32. The number of rotatable bonds is 5. The molecule has 2 saturated heterocycles. The number of carbonyl (C=O) groups excluding carboxylic acids is 1. The predicted molar refractivity (Wildman–Crippen MR) is 136 cm³/mol. The Hall–Kier alpha value is -3.16. The summed E-state index contributed by atoms with van der Waals surface area (Å²) in [5.41, 5.74) is 3.75. The van der Waals surface area contributed by atoms with Gasteiger partial charge in [-0.05, 0) is 61.4 Å². The molecule has 0 aliphatic carbocycles. The molecule has 2 fully saturated rings. The van der Waals surface area contributed by atoms with Gasteiger partial charge in [-0.1, -0.05) is 23.7 Å². The Morgan fingerprint density at radius 3 is 2.38 bits per heavy atom. The summed E-state index contributed by atoms with van der Waals surface area (Å²) in [6.07, 6.45) is 1.80. The van der Waals surface area contributed by atoms with Crippen LogP contribution in [0.5, 0.6) is 0 Å². The van der Waals surface area contributed by atoms with Crippen LogP contribution in [-0.4, -0.2) is 55.5 Å². The molecule has 2 aliphatic rings. The Morgan fingerprint density at radius 1 is 0.912 bits per heavy atom. The van der Waals surface area contributed by atoms with Crippen molar-refractivity contribution in [1.82, 2.24) is 10.2 Å². The maximum absolute atomic E-state index is 13.0. The molecule has 3 aromatic rings. The van der Waals surface area contributed by atoms with Crippen molar-refractivity contribution in [1.29, 1.82) is 0 Å². The molecule has 0 spiro atoms. The minimum Gasteiger partial charge on any atom is -0.378 e. The molecular weight excluding hydrogens is 450 g/mol. The summed E-state index contributed by atoms with van der Waals surface area (Å²) in [6, 6.07) is 19.6. The quantitative estimate of drug-likeness (QED) is 0.584. The summed E-state index contributed by atoms with van der Waals surface area (Å²) in [5.74, 6) is 0.755. The van der Waals surface area contributed by atoms with Crippen LogP contribution in [0.1, 0.15) is 12.8 Å². The first-order valence-corrected chi connectivity index (χ1v) is 12.1. The molecule has 0 radical (unpaired) electrons. The Morgan fingerprint density at radius 2 is 1.68 bits per heavy atom. The van der Waals surface area contributed by atoms with Gasteiger partial charge in [0, 0.05) is 48.1 Å². The minimum absolute atomic E-state index is 0.0505. The lowest BCUT2D eigenvalue weighted by Crippen LogP contribution is -2.41. The highest BCUT2D eigenvalue weighted by molar-refractivity contribution is 6.30. The van der Waals surface area contributed by atoms with E-state index in [4.69, 9.17) is 16.3 Å². The summed E-state index contributed by atoms with van der Waals surface area (Å²) in [7, 11) is 0. The van der Waals surface area contributed by atoms with Gasteiger partial charge in [0.05, 0.1) is 24.8 Å².